The van der Waals surface area contributed by atoms with Crippen LogP contribution in [-0.2, 0) is 6.42 Å². The molecule has 2 heterocycles. The molecule has 1 aromatic heterocycles. The molecule has 0 unspecified atom stereocenters. The van der Waals surface area contributed by atoms with E-state index >= 15 is 0 Å². The van der Waals surface area contributed by atoms with Crippen LogP contribution in [0.1, 0.15) is 41.0 Å². The number of aromatic nitrogens is 1. The van der Waals surface area contributed by atoms with E-state index in [2.05, 4.69) is 17.1 Å². The molecule has 152 valence electrons. The third-order valence-electron chi connectivity index (χ3n) is 5.11. The number of piperidine rings is 1. The Morgan fingerprint density at radius 1 is 1.30 bits per heavy atom. The van der Waals surface area contributed by atoms with E-state index in [0.29, 0.717) is 24.9 Å². The molecule has 3 N–H and O–H groups in total. The molecule has 0 radical (unpaired) electrons. The number of benzene rings is 1. The van der Waals surface area contributed by atoms with E-state index in [-0.39, 0.29) is 46.3 Å². The zero-order valence-electron chi connectivity index (χ0n) is 15.9. The molecule has 1 aromatic carbocycles. The van der Waals surface area contributed by atoms with Crippen molar-refractivity contribution in [3.63, 3.8) is 0 Å². The monoisotopic (exact) mass is 424 g/mol. The summed E-state index contributed by atoms with van der Waals surface area (Å²) >= 11 is 6.11. The van der Waals surface area contributed by atoms with Crippen molar-refractivity contribution < 1.29 is 9.50 Å². The number of hydrogen-bond acceptors (Lipinski definition) is 7. The molecule has 30 heavy (non-hydrogen) atoms. The molecule has 0 spiro atoms. The number of β-amino-alcohol motifs (C(OH)–C–C–N with tert-alkyl or cyclic N) is 1. The topological polar surface area (TPSA) is 134 Å². The van der Waals surface area contributed by atoms with Crippen LogP contribution in [0.5, 0.6) is 0 Å². The van der Waals surface area contributed by atoms with E-state index in [0.717, 1.165) is 6.07 Å². The normalized spacial score (nSPS) is 16.9. The van der Waals surface area contributed by atoms with Gasteiger partial charge in [-0.1, -0.05) is 17.7 Å². The van der Waals surface area contributed by atoms with Crippen molar-refractivity contribution in [2.24, 2.45) is 0 Å². The molecule has 9 heteroatoms. The fourth-order valence-electron chi connectivity index (χ4n) is 3.68. The average molecular weight is 425 g/mol. The number of nitrogens with two attached hydrogens (primary N) is 1. The molecule has 3 rings (SSSR count). The van der Waals surface area contributed by atoms with Crippen molar-refractivity contribution in [3.8, 4) is 18.2 Å². The Balaban J connectivity index is 2.14. The van der Waals surface area contributed by atoms with Crippen molar-refractivity contribution in [1.29, 1.82) is 15.8 Å². The molecule has 0 saturated carbocycles. The summed E-state index contributed by atoms with van der Waals surface area (Å²) in [6, 6.07) is 9.97. The first-order chi connectivity index (χ1) is 14.4. The molecule has 1 aliphatic heterocycles. The minimum atomic E-state index is -0.934. The molecule has 0 aliphatic carbocycles. The number of hydrogen-bond donors (Lipinski definition) is 2. The van der Waals surface area contributed by atoms with E-state index < -0.39 is 17.8 Å². The first-order valence-electron chi connectivity index (χ1n) is 9.29. The van der Waals surface area contributed by atoms with E-state index in [1.807, 2.05) is 6.07 Å². The van der Waals surface area contributed by atoms with Crippen LogP contribution < -0.4 is 10.6 Å². The van der Waals surface area contributed by atoms with Gasteiger partial charge in [0.15, 0.2) is 0 Å². The molecule has 1 saturated heterocycles. The molecule has 1 fully saturated rings. The van der Waals surface area contributed by atoms with Gasteiger partial charge in [0.2, 0.25) is 0 Å². The lowest BCUT2D eigenvalue weighted by molar-refractivity contribution is 0.154. The Hall–Kier alpha value is -3.38. The van der Waals surface area contributed by atoms with Crippen LogP contribution in [0.25, 0.3) is 0 Å². The van der Waals surface area contributed by atoms with Gasteiger partial charge in [0.1, 0.15) is 40.7 Å². The summed E-state index contributed by atoms with van der Waals surface area (Å²) in [6.45, 7) is 0.831. The number of nitrogen functional groups attached to an aromatic ring is 1. The van der Waals surface area contributed by atoms with Gasteiger partial charge in [0.05, 0.1) is 18.1 Å². The van der Waals surface area contributed by atoms with Gasteiger partial charge < -0.3 is 15.7 Å². The van der Waals surface area contributed by atoms with Crippen LogP contribution in [0.2, 0.25) is 5.02 Å². The summed E-state index contributed by atoms with van der Waals surface area (Å²) in [6.07, 6.45) is 0.832. The number of halogens is 2. The number of anilines is 2. The Kier molecular flexibility index (Phi) is 6.37. The second-order valence-electron chi connectivity index (χ2n) is 7.07. The number of nitriles is 3. The Bertz CT molecular complexity index is 1100. The fourth-order valence-corrected chi connectivity index (χ4v) is 3.93. The van der Waals surface area contributed by atoms with Crippen LogP contribution in [0.15, 0.2) is 18.2 Å². The summed E-state index contributed by atoms with van der Waals surface area (Å²) in [5.41, 5.74) is 6.72. The lowest BCUT2D eigenvalue weighted by Gasteiger charge is -2.32. The predicted octanol–water partition coefficient (Wildman–Crippen LogP) is 3.01. The zero-order chi connectivity index (χ0) is 21.8. The van der Waals surface area contributed by atoms with Gasteiger partial charge in [-0.25, -0.2) is 9.37 Å². The number of aliphatic hydroxyl groups is 1. The highest BCUT2D eigenvalue weighted by Gasteiger charge is 2.30. The Labute approximate surface area is 178 Å². The van der Waals surface area contributed by atoms with E-state index in [1.54, 1.807) is 4.90 Å². The molecular weight excluding hydrogens is 407 g/mol. The number of aliphatic hydroxyl groups excluding tert-OH is 1. The first kappa shape index (κ1) is 21.3. The highest BCUT2D eigenvalue weighted by molar-refractivity contribution is 6.31. The van der Waals surface area contributed by atoms with Crippen molar-refractivity contribution in [2.75, 3.05) is 23.7 Å². The highest BCUT2D eigenvalue weighted by atomic mass is 35.5. The molecule has 1 aliphatic rings. The lowest BCUT2D eigenvalue weighted by Crippen LogP contribution is -2.39. The molecule has 7 nitrogen and oxygen atoms in total. The van der Waals surface area contributed by atoms with Gasteiger partial charge in [-0.3, -0.25) is 0 Å². The molecular formula is C21H18ClFN6O. The Morgan fingerprint density at radius 3 is 2.63 bits per heavy atom. The van der Waals surface area contributed by atoms with Gasteiger partial charge in [0, 0.05) is 23.7 Å². The predicted molar refractivity (Wildman–Crippen MR) is 109 cm³/mol. The average Bonchev–Trinajstić information content (AvgIpc) is 2.72. The highest BCUT2D eigenvalue weighted by Crippen LogP contribution is 2.36. The summed E-state index contributed by atoms with van der Waals surface area (Å²) in [5.74, 6) is -1.29. The van der Waals surface area contributed by atoms with Crippen molar-refractivity contribution >= 4 is 23.2 Å². The van der Waals surface area contributed by atoms with Gasteiger partial charge in [0.25, 0.3) is 0 Å². The molecule has 0 bridgehead atoms. The van der Waals surface area contributed by atoms with Gasteiger partial charge in [-0.2, -0.15) is 15.8 Å². The third-order valence-corrected chi connectivity index (χ3v) is 5.46. The largest absolute Gasteiger partial charge is 0.391 e. The van der Waals surface area contributed by atoms with Crippen molar-refractivity contribution in [3.05, 3.63) is 51.3 Å². The van der Waals surface area contributed by atoms with E-state index in [1.165, 1.54) is 12.1 Å². The number of rotatable bonds is 4. The first-order valence-corrected chi connectivity index (χ1v) is 9.67. The van der Waals surface area contributed by atoms with Crippen LogP contribution >= 0.6 is 11.6 Å². The minimum Gasteiger partial charge on any atom is -0.391 e. The van der Waals surface area contributed by atoms with Crippen LogP contribution in [0.3, 0.4) is 0 Å². The number of nitrogens with zero attached hydrogens (tertiary/aromatic N) is 5. The van der Waals surface area contributed by atoms with Gasteiger partial charge >= 0.3 is 0 Å². The fraction of sp³-hybridized carbons (Fsp3) is 0.333. The van der Waals surface area contributed by atoms with E-state index in [4.69, 9.17) is 17.3 Å². The quantitative estimate of drug-likeness (QED) is 0.770. The minimum absolute atomic E-state index is 0.0438. The summed E-state index contributed by atoms with van der Waals surface area (Å²) in [7, 11) is 0. The maximum Gasteiger partial charge on any atom is 0.149 e. The lowest BCUT2D eigenvalue weighted by atomic mass is 9.87. The second kappa shape index (κ2) is 8.97. The van der Waals surface area contributed by atoms with Crippen LogP contribution in [0, 0.1) is 39.8 Å². The standard InChI is InChI=1S/C21H18ClFN6O/c22-18-7-14(23)4-3-12(18)6-13(8-24)19-16(9-25)20(27)28-21(17(19)10-26)29-5-1-2-15(30)11-29/h3-4,7,13,15,30H,1-2,5-6,11H2,(H2,27,28)/t13-,15+/m1/s1. The summed E-state index contributed by atoms with van der Waals surface area (Å²) in [5, 5.41) is 39.6. The molecule has 2 aromatic rings. The van der Waals surface area contributed by atoms with Crippen molar-refractivity contribution in [2.45, 2.75) is 31.3 Å². The maximum atomic E-state index is 13.4. The van der Waals surface area contributed by atoms with Crippen LogP contribution in [-0.4, -0.2) is 29.3 Å². The second-order valence-corrected chi connectivity index (χ2v) is 7.48. The molecule has 2 atom stereocenters. The van der Waals surface area contributed by atoms with Crippen LogP contribution in [0.4, 0.5) is 16.0 Å². The Morgan fingerprint density at radius 2 is 2.03 bits per heavy atom. The summed E-state index contributed by atoms with van der Waals surface area (Å²) < 4.78 is 13.4. The van der Waals surface area contributed by atoms with E-state index in [9.17, 15) is 25.3 Å². The third kappa shape index (κ3) is 4.14. The van der Waals surface area contributed by atoms with Gasteiger partial charge in [-0.15, -0.1) is 0 Å². The smallest absolute Gasteiger partial charge is 0.149 e. The molecule has 0 amide bonds. The SMILES string of the molecule is N#Cc1c(N)nc(N2CCC[C@H](O)C2)c(C#N)c1[C@@H](C#N)Cc1ccc(F)cc1Cl. The maximum absolute atomic E-state index is 13.4. The van der Waals surface area contributed by atoms with Gasteiger partial charge in [-0.05, 0) is 37.0 Å². The summed E-state index contributed by atoms with van der Waals surface area (Å²) in [4.78, 5) is 5.99. The zero-order valence-corrected chi connectivity index (χ0v) is 16.7. The van der Waals surface area contributed by atoms with Crippen molar-refractivity contribution in [1.82, 2.24) is 4.98 Å². The number of pyridine rings is 1.